The van der Waals surface area contributed by atoms with Crippen molar-refractivity contribution in [2.45, 2.75) is 49.8 Å². The van der Waals surface area contributed by atoms with Gasteiger partial charge >= 0.3 is 0 Å². The van der Waals surface area contributed by atoms with Crippen molar-refractivity contribution in [2.75, 3.05) is 6.61 Å². The molecule has 178 valence electrons. The number of halogens is 1. The molecule has 0 aliphatic carbocycles. The highest BCUT2D eigenvalue weighted by molar-refractivity contribution is 7.15. The van der Waals surface area contributed by atoms with Gasteiger partial charge in [-0.1, -0.05) is 30.3 Å². The number of hydrogen-bond donors (Lipinski definition) is 4. The zero-order valence-electron chi connectivity index (χ0n) is 18.7. The van der Waals surface area contributed by atoms with Crippen molar-refractivity contribution in [1.29, 1.82) is 0 Å². The lowest BCUT2D eigenvalue weighted by Gasteiger charge is -2.48. The van der Waals surface area contributed by atoms with Gasteiger partial charge in [-0.05, 0) is 53.4 Å². The first kappa shape index (κ1) is 24.6. The number of aliphatic hydroxyl groups is 4. The van der Waals surface area contributed by atoms with Crippen LogP contribution in [0.2, 0.25) is 0 Å². The van der Waals surface area contributed by atoms with Crippen LogP contribution in [0.5, 0.6) is 0 Å². The van der Waals surface area contributed by atoms with Crippen LogP contribution < -0.4 is 0 Å². The van der Waals surface area contributed by atoms with Crippen LogP contribution in [0.1, 0.15) is 28.0 Å². The van der Waals surface area contributed by atoms with Crippen molar-refractivity contribution in [1.82, 2.24) is 0 Å². The Morgan fingerprint density at radius 3 is 2.47 bits per heavy atom. The summed E-state index contributed by atoms with van der Waals surface area (Å²) in [7, 11) is 0. The van der Waals surface area contributed by atoms with Crippen LogP contribution in [0.15, 0.2) is 54.6 Å². The van der Waals surface area contributed by atoms with E-state index in [4.69, 9.17) is 11.2 Å². The Hall–Kier alpha value is -2.57. The lowest BCUT2D eigenvalue weighted by Crippen LogP contribution is -2.63. The minimum absolute atomic E-state index is 0.0509. The van der Waals surface area contributed by atoms with Gasteiger partial charge < -0.3 is 25.2 Å². The first-order valence-electron chi connectivity index (χ1n) is 11.0. The highest BCUT2D eigenvalue weighted by Gasteiger charge is 2.54. The summed E-state index contributed by atoms with van der Waals surface area (Å²) < 4.78 is 19.2. The lowest BCUT2D eigenvalue weighted by atomic mass is 9.77. The van der Waals surface area contributed by atoms with Crippen molar-refractivity contribution in [2.24, 2.45) is 0 Å². The fraction of sp³-hybridized carbons (Fsp3) is 0.333. The fourth-order valence-corrected chi connectivity index (χ4v) is 5.47. The van der Waals surface area contributed by atoms with Crippen LogP contribution in [0.3, 0.4) is 0 Å². The van der Waals surface area contributed by atoms with Crippen molar-refractivity contribution >= 4 is 11.3 Å². The predicted octanol–water partition coefficient (Wildman–Crippen LogP) is 3.15. The minimum atomic E-state index is -1.53. The maximum atomic E-state index is 13.3. The molecule has 3 aromatic rings. The van der Waals surface area contributed by atoms with Crippen molar-refractivity contribution in [3.8, 4) is 22.8 Å². The highest BCUT2D eigenvalue weighted by Crippen LogP contribution is 2.42. The third-order valence-corrected chi connectivity index (χ3v) is 7.57. The van der Waals surface area contributed by atoms with E-state index >= 15 is 0 Å². The third kappa shape index (κ3) is 4.53. The van der Waals surface area contributed by atoms with Gasteiger partial charge in [0.05, 0.1) is 6.61 Å². The summed E-state index contributed by atoms with van der Waals surface area (Å²) in [5.41, 5.74) is 2.05. The van der Waals surface area contributed by atoms with Gasteiger partial charge in [0.2, 0.25) is 0 Å². The molecule has 4 N–H and O–H groups in total. The topological polar surface area (TPSA) is 90.2 Å². The van der Waals surface area contributed by atoms with E-state index in [1.807, 2.05) is 31.2 Å². The van der Waals surface area contributed by atoms with Crippen molar-refractivity contribution in [3.63, 3.8) is 0 Å². The Morgan fingerprint density at radius 1 is 1.06 bits per heavy atom. The average Bonchev–Trinajstić information content (AvgIpc) is 3.30. The van der Waals surface area contributed by atoms with E-state index in [0.29, 0.717) is 12.0 Å². The van der Waals surface area contributed by atoms with Crippen LogP contribution in [0.4, 0.5) is 4.39 Å². The number of benzene rings is 2. The number of aryl methyl sites for hydroxylation is 1. The van der Waals surface area contributed by atoms with Gasteiger partial charge in [-0.25, -0.2) is 4.39 Å². The molecule has 0 amide bonds. The van der Waals surface area contributed by atoms with Crippen molar-refractivity contribution in [3.05, 3.63) is 82.0 Å². The van der Waals surface area contributed by atoms with Gasteiger partial charge in [0.25, 0.3) is 0 Å². The smallest absolute Gasteiger partial charge is 0.133 e. The predicted molar refractivity (Wildman–Crippen MR) is 129 cm³/mol. The molecule has 7 heteroatoms. The molecule has 0 radical (unpaired) electrons. The molecule has 5 unspecified atom stereocenters. The van der Waals surface area contributed by atoms with E-state index < -0.39 is 36.6 Å². The molecule has 1 saturated heterocycles. The van der Waals surface area contributed by atoms with Crippen LogP contribution in [-0.2, 0) is 16.8 Å². The highest BCUT2D eigenvalue weighted by atomic mass is 32.1. The van der Waals surface area contributed by atoms with Gasteiger partial charge in [-0.3, -0.25) is 0 Å². The number of rotatable bonds is 6. The fourth-order valence-electron chi connectivity index (χ4n) is 4.43. The molecule has 5 nitrogen and oxygen atoms in total. The maximum absolute atomic E-state index is 13.3. The Morgan fingerprint density at radius 2 is 1.79 bits per heavy atom. The first-order chi connectivity index (χ1) is 16.3. The molecule has 0 bridgehead atoms. The third-order valence-electron chi connectivity index (χ3n) is 6.43. The minimum Gasteiger partial charge on any atom is -0.394 e. The molecule has 5 atom stereocenters. The summed E-state index contributed by atoms with van der Waals surface area (Å²) in [6.45, 7) is 1.45. The quantitative estimate of drug-likeness (QED) is 0.406. The largest absolute Gasteiger partial charge is 0.394 e. The van der Waals surface area contributed by atoms with Crippen LogP contribution in [0, 0.1) is 25.1 Å². The summed E-state index contributed by atoms with van der Waals surface area (Å²) >= 11 is 1.61. The average molecular weight is 483 g/mol. The molecule has 1 aliphatic rings. The summed E-state index contributed by atoms with van der Waals surface area (Å²) in [4.78, 5) is 2.13. The lowest BCUT2D eigenvalue weighted by molar-refractivity contribution is -0.278. The summed E-state index contributed by atoms with van der Waals surface area (Å²) in [6.07, 6.45) is 0.623. The first-order valence-corrected chi connectivity index (χ1v) is 11.8. The van der Waals surface area contributed by atoms with E-state index in [-0.39, 0.29) is 12.2 Å². The molecule has 2 heterocycles. The van der Waals surface area contributed by atoms with E-state index in [9.17, 15) is 24.8 Å². The standard InChI is InChI=1S/C27H27FO5S/c1-3-12-27(26(32)25(31)24(30)22(15-29)33-27)19-7-4-16(2)18(13-19)14-21-10-11-23(34-21)17-5-8-20(28)9-6-17/h1,4-11,13,22,24-26,29-32H,12,14-15H2,2H3. The second kappa shape index (κ2) is 9.96. The zero-order valence-corrected chi connectivity index (χ0v) is 19.5. The van der Waals surface area contributed by atoms with Gasteiger partial charge in [-0.15, -0.1) is 23.7 Å². The van der Waals surface area contributed by atoms with E-state index in [2.05, 4.69) is 5.92 Å². The SMILES string of the molecule is C#CCC1(c2ccc(C)c(Cc3ccc(-c4ccc(F)cc4)s3)c2)OC(CO)C(O)C(O)C1O. The molecule has 0 saturated carbocycles. The Bertz CT molecular complexity index is 1180. The summed E-state index contributed by atoms with van der Waals surface area (Å²) in [6, 6.07) is 16.0. The molecule has 34 heavy (non-hydrogen) atoms. The van der Waals surface area contributed by atoms with Crippen LogP contribution in [-0.4, -0.2) is 51.4 Å². The Balaban J connectivity index is 1.67. The van der Waals surface area contributed by atoms with Gasteiger partial charge in [-0.2, -0.15) is 0 Å². The second-order valence-electron chi connectivity index (χ2n) is 8.63. The molecular weight excluding hydrogens is 455 g/mol. The normalized spacial score (nSPS) is 26.9. The van der Waals surface area contributed by atoms with Crippen LogP contribution >= 0.6 is 11.3 Å². The molecule has 1 aliphatic heterocycles. The van der Waals surface area contributed by atoms with E-state index in [0.717, 1.165) is 26.4 Å². The van der Waals surface area contributed by atoms with E-state index in [1.54, 1.807) is 29.5 Å². The monoisotopic (exact) mass is 482 g/mol. The number of aliphatic hydroxyl groups excluding tert-OH is 4. The Kier molecular flexibility index (Phi) is 7.20. The second-order valence-corrected chi connectivity index (χ2v) is 9.79. The van der Waals surface area contributed by atoms with Gasteiger partial charge in [0.1, 0.15) is 35.8 Å². The zero-order chi connectivity index (χ0) is 24.5. The van der Waals surface area contributed by atoms with Crippen molar-refractivity contribution < 1.29 is 29.6 Å². The van der Waals surface area contributed by atoms with Gasteiger partial charge in [0.15, 0.2) is 0 Å². The molecule has 1 aromatic heterocycles. The van der Waals surface area contributed by atoms with E-state index in [1.165, 1.54) is 12.1 Å². The molecule has 1 fully saturated rings. The Labute approximate surface area is 202 Å². The summed E-state index contributed by atoms with van der Waals surface area (Å²) in [5, 5.41) is 41.3. The molecule has 2 aromatic carbocycles. The maximum Gasteiger partial charge on any atom is 0.133 e. The number of terminal acetylenes is 1. The van der Waals surface area contributed by atoms with Crippen LogP contribution in [0.25, 0.3) is 10.4 Å². The summed E-state index contributed by atoms with van der Waals surface area (Å²) in [5.74, 6) is 2.24. The molecule has 4 rings (SSSR count). The number of hydrogen-bond acceptors (Lipinski definition) is 6. The number of thiophene rings is 1. The number of ether oxygens (including phenoxy) is 1. The molecular formula is C27H27FO5S. The van der Waals surface area contributed by atoms with Gasteiger partial charge in [0, 0.05) is 22.6 Å². The molecule has 0 spiro atoms.